The highest BCUT2D eigenvalue weighted by atomic mass is 19.2. The summed E-state index contributed by atoms with van der Waals surface area (Å²) in [5, 5.41) is 34.3. The topological polar surface area (TPSA) is 211 Å². The van der Waals surface area contributed by atoms with Gasteiger partial charge in [0.2, 0.25) is 11.8 Å². The number of carbonyl (C=O) groups is 2. The molecule has 0 spiro atoms. The highest BCUT2D eigenvalue weighted by Gasteiger charge is 2.42. The Morgan fingerprint density at radius 3 is 2.54 bits per heavy atom. The van der Waals surface area contributed by atoms with Crippen LogP contribution in [0.2, 0.25) is 0 Å². The SMILES string of the molecule is CO[C@@H](C)COc1nc(N2CC3C[C@H]2CN3)c2cc(C3CC3)c(-c3c(F)c(F)cc4[nH]ncc34)c(OCc3ccc(-c4cn([C@H](C(=O)N5CCC[C@H]5C(=O)N[C@@H](CO)C5=CC=C(c6cccnc6C)CC5)C(C)C)nn4)cc3)c2n1. The average Bonchev–Trinajstić information content (AvgIpc) is 4.10. The lowest BCUT2D eigenvalue weighted by Crippen LogP contribution is -2.52. The normalized spacial score (nSPS) is 20.1. The van der Waals surface area contributed by atoms with Gasteiger partial charge in [0.05, 0.1) is 36.7 Å². The van der Waals surface area contributed by atoms with Crippen molar-refractivity contribution in [1.29, 1.82) is 0 Å². The third-order valence-electron chi connectivity index (χ3n) is 16.7. The smallest absolute Gasteiger partial charge is 0.319 e. The summed E-state index contributed by atoms with van der Waals surface area (Å²) in [5.74, 6) is -1.73. The van der Waals surface area contributed by atoms with Crippen molar-refractivity contribution < 1.29 is 37.7 Å². The fourth-order valence-corrected chi connectivity index (χ4v) is 12.1. The number of carbonyl (C=O) groups excluding carboxylic acids is 2. The Morgan fingerprint density at radius 1 is 0.988 bits per heavy atom. The maximum Gasteiger partial charge on any atom is 0.319 e. The molecule has 416 valence electrons. The Kier molecular flexibility index (Phi) is 14.6. The number of likely N-dealkylation sites (tertiary alicyclic amines) is 1. The number of halogens is 2. The number of rotatable bonds is 19. The summed E-state index contributed by atoms with van der Waals surface area (Å²) in [6.07, 6.45) is 14.1. The van der Waals surface area contributed by atoms with Gasteiger partial charge in [-0.1, -0.05) is 61.5 Å². The molecule has 4 N–H and O–H groups in total. The van der Waals surface area contributed by atoms with Crippen molar-refractivity contribution in [1.82, 2.24) is 55.7 Å². The Balaban J connectivity index is 0.813. The van der Waals surface area contributed by atoms with Crippen LogP contribution in [0.15, 0.2) is 84.8 Å². The second-order valence-electron chi connectivity index (χ2n) is 22.3. The van der Waals surface area contributed by atoms with E-state index >= 15 is 8.78 Å². The van der Waals surface area contributed by atoms with Crippen molar-refractivity contribution in [2.24, 2.45) is 5.92 Å². The molecule has 4 fully saturated rings. The molecule has 2 amide bonds. The number of aromatic nitrogens is 8. The number of aryl methyl sites for hydroxylation is 1. The van der Waals surface area contributed by atoms with Crippen LogP contribution < -0.4 is 25.0 Å². The molecule has 7 heterocycles. The molecule has 2 aliphatic carbocycles. The number of pyridine rings is 1. The molecular weight excluding hydrogens is 1020 g/mol. The number of amides is 2. The number of piperazine rings is 1. The number of nitrogens with zero attached hydrogens (tertiary/aromatic N) is 9. The number of hydrogen-bond donors (Lipinski definition) is 4. The first-order chi connectivity index (χ1) is 38.8. The van der Waals surface area contributed by atoms with Gasteiger partial charge in [-0.3, -0.25) is 19.7 Å². The third kappa shape index (κ3) is 10.2. The predicted molar refractivity (Wildman–Crippen MR) is 298 cm³/mol. The lowest BCUT2D eigenvalue weighted by molar-refractivity contribution is -0.142. The van der Waals surface area contributed by atoms with Gasteiger partial charge in [0.25, 0.3) is 0 Å². The van der Waals surface area contributed by atoms with Crippen molar-refractivity contribution in [3.63, 3.8) is 0 Å². The van der Waals surface area contributed by atoms with E-state index in [9.17, 15) is 14.7 Å². The molecule has 1 saturated carbocycles. The summed E-state index contributed by atoms with van der Waals surface area (Å²) in [4.78, 5) is 47.0. The minimum atomic E-state index is -1.02. The van der Waals surface area contributed by atoms with Crippen molar-refractivity contribution in [3.8, 4) is 34.1 Å². The number of aromatic amines is 1. The molecule has 18 nitrogen and oxygen atoms in total. The molecule has 1 unspecified atom stereocenters. The van der Waals surface area contributed by atoms with E-state index in [0.717, 1.165) is 89.3 Å². The Hall–Kier alpha value is -7.68. The van der Waals surface area contributed by atoms with Gasteiger partial charge in [-0.2, -0.15) is 15.1 Å². The standard InChI is InChI=1S/C60H66F2N12O6/c1-32(2)55(59(77)72-21-7-9-50(72)58(76)66-49(29-75)39-18-16-36(17-19-39)42-8-6-20-63-34(42)4)74-28-48(70-71-74)38-12-10-35(11-13-38)31-79-56-52(51-45-26-65-69-47(45)24-46(61)53(51)62)43(37-14-15-37)23-44-54(56)67-60(80-30-33(3)78-5)68-57(44)73-27-40-22-41(73)25-64-40/h6,8,10-13,16,18,20,23-24,26,28,32-33,37,40-41,49-50,55,64,75H,7,9,14-15,17,19,21-22,25,27,29-31H2,1-5H3,(H,65,69)(H,66,76)/t33-,40?,41-,49-,50-,55-/m0/s1. The summed E-state index contributed by atoms with van der Waals surface area (Å²) in [7, 11) is 1.61. The summed E-state index contributed by atoms with van der Waals surface area (Å²) in [5.41, 5.74) is 8.19. The first-order valence-corrected chi connectivity index (χ1v) is 27.9. The largest absolute Gasteiger partial charge is 0.486 e. The molecule has 80 heavy (non-hydrogen) atoms. The average molecular weight is 1090 g/mol. The number of anilines is 1. The predicted octanol–water partition coefficient (Wildman–Crippen LogP) is 8.30. The molecule has 4 aromatic heterocycles. The number of allylic oxidation sites excluding steroid dienone is 3. The summed E-state index contributed by atoms with van der Waals surface area (Å²) < 4.78 is 52.7. The minimum absolute atomic E-state index is 0.0260. The van der Waals surface area contributed by atoms with Gasteiger partial charge in [0, 0.05) is 84.2 Å². The van der Waals surface area contributed by atoms with Crippen molar-refractivity contribution >= 4 is 45.0 Å². The zero-order valence-electron chi connectivity index (χ0n) is 45.6. The maximum atomic E-state index is 16.7. The van der Waals surface area contributed by atoms with Crippen LogP contribution in [-0.2, 0) is 20.9 Å². The number of nitrogens with one attached hydrogen (secondary N) is 3. The molecule has 7 aromatic rings. The molecular formula is C60H66F2N12O6. The number of ether oxygens (including phenoxy) is 3. The summed E-state index contributed by atoms with van der Waals surface area (Å²) in [6, 6.07) is 13.3. The zero-order chi connectivity index (χ0) is 55.3. The molecule has 0 radical (unpaired) electrons. The van der Waals surface area contributed by atoms with Gasteiger partial charge in [-0.25, -0.2) is 13.5 Å². The van der Waals surface area contributed by atoms with Crippen LogP contribution in [0.5, 0.6) is 11.8 Å². The lowest BCUT2D eigenvalue weighted by atomic mass is 9.89. The first-order valence-electron chi connectivity index (χ1n) is 27.9. The summed E-state index contributed by atoms with van der Waals surface area (Å²) >= 11 is 0. The highest BCUT2D eigenvalue weighted by molar-refractivity contribution is 6.05. The van der Waals surface area contributed by atoms with Crippen LogP contribution in [0, 0.1) is 24.5 Å². The van der Waals surface area contributed by atoms with Gasteiger partial charge in [-0.15, -0.1) is 5.10 Å². The van der Waals surface area contributed by atoms with E-state index in [1.54, 1.807) is 29.1 Å². The Morgan fingerprint density at radius 2 is 1.82 bits per heavy atom. The first kappa shape index (κ1) is 53.0. The lowest BCUT2D eigenvalue weighted by Gasteiger charge is -2.31. The molecule has 20 heteroatoms. The van der Waals surface area contributed by atoms with Crippen molar-refractivity contribution in [2.75, 3.05) is 44.9 Å². The van der Waals surface area contributed by atoms with Crippen LogP contribution in [0.4, 0.5) is 14.6 Å². The van der Waals surface area contributed by atoms with E-state index in [-0.39, 0.29) is 72.9 Å². The van der Waals surface area contributed by atoms with Crippen molar-refractivity contribution in [2.45, 2.75) is 121 Å². The fraction of sp³-hybridized carbons (Fsp3) is 0.433. The molecule has 5 aliphatic rings. The molecule has 2 bridgehead atoms. The van der Waals surface area contributed by atoms with Crippen LogP contribution in [0.1, 0.15) is 100 Å². The number of H-pyrrole nitrogens is 1. The van der Waals surface area contributed by atoms with E-state index in [1.807, 2.05) is 76.2 Å². The number of hydrogen-bond acceptors (Lipinski definition) is 14. The second-order valence-corrected chi connectivity index (χ2v) is 22.3. The monoisotopic (exact) mass is 1090 g/mol. The Bertz CT molecular complexity index is 3560. The van der Waals surface area contributed by atoms with Crippen LogP contribution in [0.25, 0.3) is 49.8 Å². The van der Waals surface area contributed by atoms with Gasteiger partial charge in [-0.05, 0) is 111 Å². The molecule has 3 aromatic carbocycles. The van der Waals surface area contributed by atoms with Gasteiger partial charge >= 0.3 is 6.01 Å². The van der Waals surface area contributed by atoms with Crippen LogP contribution in [-0.4, -0.2) is 132 Å². The van der Waals surface area contributed by atoms with Gasteiger partial charge < -0.3 is 39.8 Å². The van der Waals surface area contributed by atoms with E-state index in [4.69, 9.17) is 24.2 Å². The van der Waals surface area contributed by atoms with E-state index in [1.165, 1.54) is 6.20 Å². The van der Waals surface area contributed by atoms with Gasteiger partial charge in [0.15, 0.2) is 17.4 Å². The summed E-state index contributed by atoms with van der Waals surface area (Å²) in [6.45, 7) is 9.66. The molecule has 6 atom stereocenters. The van der Waals surface area contributed by atoms with Gasteiger partial charge in [0.1, 0.15) is 42.3 Å². The van der Waals surface area contributed by atoms with Crippen molar-refractivity contribution in [3.05, 3.63) is 119 Å². The fourth-order valence-electron chi connectivity index (χ4n) is 12.1. The molecule has 3 saturated heterocycles. The molecule has 12 rings (SSSR count). The molecule has 3 aliphatic heterocycles. The van der Waals surface area contributed by atoms with Crippen LogP contribution >= 0.6 is 0 Å². The minimum Gasteiger partial charge on any atom is -0.486 e. The van der Waals surface area contributed by atoms with Crippen LogP contribution in [0.3, 0.4) is 0 Å². The van der Waals surface area contributed by atoms with E-state index in [0.29, 0.717) is 65.3 Å². The zero-order valence-corrected chi connectivity index (χ0v) is 45.6. The second kappa shape index (κ2) is 22.1. The van der Waals surface area contributed by atoms with E-state index in [2.05, 4.69) is 47.1 Å². The third-order valence-corrected chi connectivity index (χ3v) is 16.7. The van der Waals surface area contributed by atoms with E-state index < -0.39 is 29.8 Å². The maximum absolute atomic E-state index is 16.7. The highest BCUT2D eigenvalue weighted by Crippen LogP contribution is 2.53. The number of fused-ring (bicyclic) bond motifs is 4. The quantitative estimate of drug-likeness (QED) is 0.0601. The number of aliphatic hydroxyl groups is 1. The Labute approximate surface area is 462 Å². The number of benzene rings is 3. The number of methoxy groups -OCH3 is 1. The number of aliphatic hydroxyl groups excluding tert-OH is 1.